The first kappa shape index (κ1) is 14.8. The number of oxazole rings is 1. The number of aryl methyl sites for hydroxylation is 1. The van der Waals surface area contributed by atoms with E-state index in [1.54, 1.807) is 0 Å². The van der Waals surface area contributed by atoms with Crippen LogP contribution in [0.5, 0.6) is 0 Å². The molecule has 2 heterocycles. The van der Waals surface area contributed by atoms with Crippen LogP contribution < -0.4 is 5.32 Å². The van der Waals surface area contributed by atoms with Crippen LogP contribution in [0.3, 0.4) is 0 Å². The van der Waals surface area contributed by atoms with E-state index in [9.17, 15) is 4.79 Å². The van der Waals surface area contributed by atoms with Gasteiger partial charge in [-0.3, -0.25) is 4.79 Å². The fourth-order valence-corrected chi connectivity index (χ4v) is 2.71. The lowest BCUT2D eigenvalue weighted by Crippen LogP contribution is -2.51. The Morgan fingerprint density at radius 2 is 2.18 bits per heavy atom. The molecular formula is C17H21N3O2. The molecule has 1 amide bonds. The number of aromatic nitrogens is 1. The molecule has 2 aromatic rings. The van der Waals surface area contributed by atoms with Gasteiger partial charge < -0.3 is 14.6 Å². The predicted molar refractivity (Wildman–Crippen MR) is 84.4 cm³/mol. The highest BCUT2D eigenvalue weighted by Gasteiger charge is 2.22. The summed E-state index contributed by atoms with van der Waals surface area (Å²) in [5.74, 6) is 1.41. The molecule has 0 bridgehead atoms. The van der Waals surface area contributed by atoms with E-state index >= 15 is 0 Å². The lowest BCUT2D eigenvalue weighted by atomic mass is 10.2. The van der Waals surface area contributed by atoms with Gasteiger partial charge in [0, 0.05) is 31.2 Å². The topological polar surface area (TPSA) is 58.4 Å². The Morgan fingerprint density at radius 3 is 2.91 bits per heavy atom. The normalized spacial score (nSPS) is 18.5. The summed E-state index contributed by atoms with van der Waals surface area (Å²) in [6.45, 7) is 6.31. The number of piperazine rings is 1. The number of rotatable bonds is 3. The van der Waals surface area contributed by atoms with Crippen molar-refractivity contribution in [2.24, 2.45) is 0 Å². The van der Waals surface area contributed by atoms with Crippen molar-refractivity contribution in [3.8, 4) is 11.5 Å². The first-order valence-corrected chi connectivity index (χ1v) is 7.66. The van der Waals surface area contributed by atoms with Crippen LogP contribution in [0.15, 0.2) is 34.7 Å². The van der Waals surface area contributed by atoms with Crippen molar-refractivity contribution in [3.63, 3.8) is 0 Å². The maximum atomic E-state index is 12.4. The Labute approximate surface area is 130 Å². The first-order valence-electron chi connectivity index (χ1n) is 7.66. The van der Waals surface area contributed by atoms with Gasteiger partial charge in [-0.05, 0) is 26.0 Å². The van der Waals surface area contributed by atoms with Crippen LogP contribution >= 0.6 is 0 Å². The second-order valence-electron chi connectivity index (χ2n) is 5.76. The Bertz CT molecular complexity index is 651. The fraction of sp³-hybridized carbons (Fsp3) is 0.412. The monoisotopic (exact) mass is 299 g/mol. The summed E-state index contributed by atoms with van der Waals surface area (Å²) in [5, 5.41) is 3.34. The van der Waals surface area contributed by atoms with E-state index in [2.05, 4.69) is 17.2 Å². The Kier molecular flexibility index (Phi) is 4.24. The molecule has 1 aromatic heterocycles. The third-order valence-electron chi connectivity index (χ3n) is 3.95. The van der Waals surface area contributed by atoms with Gasteiger partial charge in [-0.1, -0.05) is 18.2 Å². The standard InChI is InChI=1S/C17H21N3O2/c1-12-11-20(9-8-18-12)16(21)10-15-13(2)22-17(19-15)14-6-4-3-5-7-14/h3-7,12,18H,8-11H2,1-2H3. The zero-order valence-electron chi connectivity index (χ0n) is 13.0. The SMILES string of the molecule is Cc1oc(-c2ccccc2)nc1CC(=O)N1CCNC(C)C1. The molecule has 1 fully saturated rings. The second-order valence-corrected chi connectivity index (χ2v) is 5.76. The highest BCUT2D eigenvalue weighted by atomic mass is 16.4. The zero-order valence-corrected chi connectivity index (χ0v) is 13.0. The molecule has 1 aliphatic rings. The quantitative estimate of drug-likeness (QED) is 0.942. The van der Waals surface area contributed by atoms with E-state index in [1.165, 1.54) is 0 Å². The molecule has 0 saturated carbocycles. The highest BCUT2D eigenvalue weighted by molar-refractivity contribution is 5.79. The third-order valence-corrected chi connectivity index (χ3v) is 3.95. The number of benzene rings is 1. The van der Waals surface area contributed by atoms with Gasteiger partial charge in [0.25, 0.3) is 0 Å². The summed E-state index contributed by atoms with van der Waals surface area (Å²) in [6, 6.07) is 10.1. The van der Waals surface area contributed by atoms with Crippen LogP contribution in [0, 0.1) is 6.92 Å². The smallest absolute Gasteiger partial charge is 0.228 e. The number of carbonyl (C=O) groups excluding carboxylic acids is 1. The van der Waals surface area contributed by atoms with Gasteiger partial charge >= 0.3 is 0 Å². The number of amides is 1. The molecule has 0 spiro atoms. The average Bonchev–Trinajstić information content (AvgIpc) is 2.89. The van der Waals surface area contributed by atoms with Gasteiger partial charge in [0.05, 0.1) is 12.1 Å². The van der Waals surface area contributed by atoms with Crippen molar-refractivity contribution in [2.75, 3.05) is 19.6 Å². The summed E-state index contributed by atoms with van der Waals surface area (Å²) in [6.07, 6.45) is 0.300. The lowest BCUT2D eigenvalue weighted by molar-refractivity contribution is -0.131. The minimum atomic E-state index is 0.115. The Balaban J connectivity index is 1.73. The van der Waals surface area contributed by atoms with Crippen LogP contribution in [0.25, 0.3) is 11.5 Å². The van der Waals surface area contributed by atoms with E-state index in [-0.39, 0.29) is 5.91 Å². The minimum Gasteiger partial charge on any atom is -0.441 e. The van der Waals surface area contributed by atoms with Gasteiger partial charge in [-0.2, -0.15) is 0 Å². The molecule has 0 radical (unpaired) electrons. The maximum Gasteiger partial charge on any atom is 0.228 e. The van der Waals surface area contributed by atoms with Gasteiger partial charge in [-0.15, -0.1) is 0 Å². The number of hydrogen-bond acceptors (Lipinski definition) is 4. The molecule has 0 aliphatic carbocycles. The Morgan fingerprint density at radius 1 is 1.41 bits per heavy atom. The van der Waals surface area contributed by atoms with Crippen molar-refractivity contribution in [2.45, 2.75) is 26.3 Å². The van der Waals surface area contributed by atoms with Gasteiger partial charge in [0.15, 0.2) is 0 Å². The second kappa shape index (κ2) is 6.32. The highest BCUT2D eigenvalue weighted by Crippen LogP contribution is 2.22. The van der Waals surface area contributed by atoms with Crippen molar-refractivity contribution in [1.82, 2.24) is 15.2 Å². The summed E-state index contributed by atoms with van der Waals surface area (Å²) in [5.41, 5.74) is 1.66. The summed E-state index contributed by atoms with van der Waals surface area (Å²) >= 11 is 0. The molecule has 1 aromatic carbocycles. The number of nitrogens with zero attached hydrogens (tertiary/aromatic N) is 2. The zero-order chi connectivity index (χ0) is 15.5. The number of carbonyl (C=O) groups is 1. The van der Waals surface area contributed by atoms with Gasteiger partial charge in [0.2, 0.25) is 11.8 Å². The lowest BCUT2D eigenvalue weighted by Gasteiger charge is -2.31. The predicted octanol–water partition coefficient (Wildman–Crippen LogP) is 2.01. The molecule has 5 nitrogen and oxygen atoms in total. The molecule has 1 N–H and O–H groups in total. The van der Waals surface area contributed by atoms with Gasteiger partial charge in [0.1, 0.15) is 5.76 Å². The van der Waals surface area contributed by atoms with Crippen molar-refractivity contribution in [1.29, 1.82) is 0 Å². The molecule has 1 atom stereocenters. The van der Waals surface area contributed by atoms with E-state index in [1.807, 2.05) is 42.2 Å². The van der Waals surface area contributed by atoms with Crippen LogP contribution in [-0.2, 0) is 11.2 Å². The molecule has 22 heavy (non-hydrogen) atoms. The minimum absolute atomic E-state index is 0.115. The van der Waals surface area contributed by atoms with Gasteiger partial charge in [-0.25, -0.2) is 4.98 Å². The van der Waals surface area contributed by atoms with Crippen LogP contribution in [-0.4, -0.2) is 41.5 Å². The fourth-order valence-electron chi connectivity index (χ4n) is 2.71. The summed E-state index contributed by atoms with van der Waals surface area (Å²) in [7, 11) is 0. The van der Waals surface area contributed by atoms with Crippen LogP contribution in [0.4, 0.5) is 0 Å². The number of hydrogen-bond donors (Lipinski definition) is 1. The third kappa shape index (κ3) is 3.20. The molecule has 1 saturated heterocycles. The van der Waals surface area contributed by atoms with E-state index in [4.69, 9.17) is 4.42 Å². The molecule has 1 unspecified atom stereocenters. The maximum absolute atomic E-state index is 12.4. The van der Waals surface area contributed by atoms with E-state index in [0.29, 0.717) is 18.4 Å². The molecule has 5 heteroatoms. The molecule has 116 valence electrons. The largest absolute Gasteiger partial charge is 0.441 e. The molecular weight excluding hydrogens is 278 g/mol. The number of nitrogens with one attached hydrogen (secondary N) is 1. The first-order chi connectivity index (χ1) is 10.6. The van der Waals surface area contributed by atoms with Crippen molar-refractivity contribution in [3.05, 3.63) is 41.8 Å². The van der Waals surface area contributed by atoms with Crippen molar-refractivity contribution >= 4 is 5.91 Å². The van der Waals surface area contributed by atoms with Crippen LogP contribution in [0.2, 0.25) is 0 Å². The summed E-state index contributed by atoms with van der Waals surface area (Å²) in [4.78, 5) is 18.8. The van der Waals surface area contributed by atoms with E-state index < -0.39 is 0 Å². The average molecular weight is 299 g/mol. The Hall–Kier alpha value is -2.14. The van der Waals surface area contributed by atoms with Crippen LogP contribution in [0.1, 0.15) is 18.4 Å². The molecule has 1 aliphatic heterocycles. The molecule has 3 rings (SSSR count). The van der Waals surface area contributed by atoms with E-state index in [0.717, 1.165) is 36.7 Å². The van der Waals surface area contributed by atoms with Crippen molar-refractivity contribution < 1.29 is 9.21 Å². The summed E-state index contributed by atoms with van der Waals surface area (Å²) < 4.78 is 5.72.